The van der Waals surface area contributed by atoms with Gasteiger partial charge in [-0.3, -0.25) is 4.79 Å². The predicted molar refractivity (Wildman–Crippen MR) is 103 cm³/mol. The van der Waals surface area contributed by atoms with Crippen LogP contribution in [-0.4, -0.2) is 15.9 Å². The normalized spacial score (nSPS) is 12.2. The highest BCUT2D eigenvalue weighted by Crippen LogP contribution is 2.32. The summed E-state index contributed by atoms with van der Waals surface area (Å²) < 4.78 is 13.0. The lowest BCUT2D eigenvalue weighted by molar-refractivity contribution is -0.115. The summed E-state index contributed by atoms with van der Waals surface area (Å²) in [6, 6.07) is 14.2. The van der Waals surface area contributed by atoms with E-state index in [9.17, 15) is 9.18 Å². The molecule has 0 atom stereocenters. The molecule has 0 saturated carbocycles. The number of benzene rings is 2. The minimum absolute atomic E-state index is 0.172. The Morgan fingerprint density at radius 3 is 2.63 bits per heavy atom. The zero-order valence-corrected chi connectivity index (χ0v) is 15.1. The summed E-state index contributed by atoms with van der Waals surface area (Å²) in [5.74, 6) is 0.0396. The average Bonchev–Trinajstić information content (AvgIpc) is 2.69. The molecular formula is C22H20FN3O. The number of nitrogens with zero attached hydrogens (tertiary/aromatic N) is 2. The van der Waals surface area contributed by atoms with Gasteiger partial charge in [0.05, 0.1) is 23.5 Å². The number of rotatable bonds is 4. The van der Waals surface area contributed by atoms with Crippen LogP contribution in [-0.2, 0) is 30.5 Å². The first-order chi connectivity index (χ1) is 13.1. The van der Waals surface area contributed by atoms with E-state index in [1.807, 2.05) is 19.1 Å². The molecule has 1 aliphatic carbocycles. The number of fused-ring (bicyclic) bond motifs is 3. The highest BCUT2D eigenvalue weighted by Gasteiger charge is 2.21. The van der Waals surface area contributed by atoms with E-state index in [1.54, 1.807) is 12.1 Å². The quantitative estimate of drug-likeness (QED) is 0.760. The fourth-order valence-corrected chi connectivity index (χ4v) is 3.43. The molecule has 1 N–H and O–H groups in total. The summed E-state index contributed by atoms with van der Waals surface area (Å²) in [6.07, 6.45) is 2.58. The van der Waals surface area contributed by atoms with Crippen LogP contribution < -0.4 is 5.32 Å². The number of hydrogen-bond acceptors (Lipinski definition) is 3. The molecule has 5 heteroatoms. The number of aromatic nitrogens is 2. The molecule has 0 radical (unpaired) electrons. The molecule has 0 bridgehead atoms. The van der Waals surface area contributed by atoms with Crippen molar-refractivity contribution in [2.24, 2.45) is 0 Å². The standard InChI is InChI=1S/C22H20FN3O/c1-2-18-22(26-20(27)13-14-7-10-16(23)11-8-14)25-19-12-9-15-5-3-4-6-17(15)21(19)24-18/h3-8,10-11H,2,9,12-13H2,1H3,(H,25,26,27). The van der Waals surface area contributed by atoms with Crippen LogP contribution >= 0.6 is 0 Å². The third-order valence-corrected chi connectivity index (χ3v) is 4.81. The van der Waals surface area contributed by atoms with Crippen molar-refractivity contribution in [1.29, 1.82) is 0 Å². The summed E-state index contributed by atoms with van der Waals surface area (Å²) in [6.45, 7) is 2.00. The van der Waals surface area contributed by atoms with Gasteiger partial charge in [0.1, 0.15) is 5.82 Å². The molecule has 1 heterocycles. The lowest BCUT2D eigenvalue weighted by atomic mass is 9.92. The molecule has 0 aliphatic heterocycles. The van der Waals surface area contributed by atoms with Crippen LogP contribution in [0.3, 0.4) is 0 Å². The van der Waals surface area contributed by atoms with Crippen LogP contribution in [0.1, 0.15) is 29.4 Å². The molecule has 0 unspecified atom stereocenters. The number of hydrogen-bond donors (Lipinski definition) is 1. The van der Waals surface area contributed by atoms with E-state index >= 15 is 0 Å². The van der Waals surface area contributed by atoms with Gasteiger partial charge in [0.15, 0.2) is 5.82 Å². The van der Waals surface area contributed by atoms with Gasteiger partial charge in [-0.05, 0) is 42.5 Å². The second-order valence-corrected chi connectivity index (χ2v) is 6.68. The molecule has 1 aliphatic rings. The number of amides is 1. The van der Waals surface area contributed by atoms with Crippen LogP contribution in [0.4, 0.5) is 10.2 Å². The molecule has 4 rings (SSSR count). The SMILES string of the molecule is CCc1nc2c(nc1NC(=O)Cc1ccc(F)cc1)CCc1ccccc1-2. The highest BCUT2D eigenvalue weighted by molar-refractivity contribution is 5.92. The van der Waals surface area contributed by atoms with Gasteiger partial charge in [-0.15, -0.1) is 0 Å². The lowest BCUT2D eigenvalue weighted by Gasteiger charge is -2.20. The maximum absolute atomic E-state index is 13.0. The fraction of sp³-hybridized carbons (Fsp3) is 0.227. The fourth-order valence-electron chi connectivity index (χ4n) is 3.43. The van der Waals surface area contributed by atoms with Crippen LogP contribution in [0.25, 0.3) is 11.3 Å². The van der Waals surface area contributed by atoms with Gasteiger partial charge in [0, 0.05) is 5.56 Å². The molecule has 136 valence electrons. The average molecular weight is 361 g/mol. The second kappa shape index (κ2) is 7.27. The van der Waals surface area contributed by atoms with Gasteiger partial charge in [-0.25, -0.2) is 14.4 Å². The van der Waals surface area contributed by atoms with Gasteiger partial charge in [-0.1, -0.05) is 43.3 Å². The third kappa shape index (κ3) is 3.58. The molecule has 0 saturated heterocycles. The Hall–Kier alpha value is -3.08. The maximum atomic E-state index is 13.0. The smallest absolute Gasteiger partial charge is 0.229 e. The van der Waals surface area contributed by atoms with Crippen molar-refractivity contribution in [3.63, 3.8) is 0 Å². The topological polar surface area (TPSA) is 54.9 Å². The zero-order chi connectivity index (χ0) is 18.8. The molecule has 3 aromatic rings. The first-order valence-electron chi connectivity index (χ1n) is 9.16. The Labute approximate surface area is 157 Å². The Morgan fingerprint density at radius 1 is 1.07 bits per heavy atom. The zero-order valence-electron chi connectivity index (χ0n) is 15.1. The molecule has 1 amide bonds. The first-order valence-corrected chi connectivity index (χ1v) is 9.16. The third-order valence-electron chi connectivity index (χ3n) is 4.81. The van der Waals surface area contributed by atoms with Crippen molar-refractivity contribution in [1.82, 2.24) is 9.97 Å². The Balaban J connectivity index is 1.60. The Kier molecular flexibility index (Phi) is 4.67. The van der Waals surface area contributed by atoms with Crippen molar-refractivity contribution in [3.05, 3.63) is 76.9 Å². The number of nitrogens with one attached hydrogen (secondary N) is 1. The summed E-state index contributed by atoms with van der Waals surface area (Å²) in [5, 5.41) is 2.89. The van der Waals surface area contributed by atoms with Crippen LogP contribution in [0, 0.1) is 5.82 Å². The first kappa shape index (κ1) is 17.3. The van der Waals surface area contributed by atoms with Gasteiger partial charge in [0.25, 0.3) is 0 Å². The second-order valence-electron chi connectivity index (χ2n) is 6.68. The molecule has 2 aromatic carbocycles. The number of carbonyl (C=O) groups excluding carboxylic acids is 1. The summed E-state index contributed by atoms with van der Waals surface area (Å²) >= 11 is 0. The molecule has 0 spiro atoms. The van der Waals surface area contributed by atoms with Crippen LogP contribution in [0.5, 0.6) is 0 Å². The van der Waals surface area contributed by atoms with E-state index in [0.717, 1.165) is 41.1 Å². The Morgan fingerprint density at radius 2 is 1.85 bits per heavy atom. The summed E-state index contributed by atoms with van der Waals surface area (Å²) in [4.78, 5) is 22.0. The van der Waals surface area contributed by atoms with Gasteiger partial charge < -0.3 is 5.32 Å². The van der Waals surface area contributed by atoms with E-state index in [0.29, 0.717) is 12.2 Å². The highest BCUT2D eigenvalue weighted by atomic mass is 19.1. The lowest BCUT2D eigenvalue weighted by Crippen LogP contribution is -2.19. The van der Waals surface area contributed by atoms with E-state index in [4.69, 9.17) is 9.97 Å². The van der Waals surface area contributed by atoms with Gasteiger partial charge in [0.2, 0.25) is 5.91 Å². The van der Waals surface area contributed by atoms with Crippen LogP contribution in [0.15, 0.2) is 48.5 Å². The largest absolute Gasteiger partial charge is 0.309 e. The van der Waals surface area contributed by atoms with Crippen molar-refractivity contribution >= 4 is 11.7 Å². The molecule has 0 fully saturated rings. The monoisotopic (exact) mass is 361 g/mol. The van der Waals surface area contributed by atoms with Gasteiger partial charge in [-0.2, -0.15) is 0 Å². The van der Waals surface area contributed by atoms with E-state index < -0.39 is 0 Å². The van der Waals surface area contributed by atoms with Crippen molar-refractivity contribution in [3.8, 4) is 11.3 Å². The van der Waals surface area contributed by atoms with Crippen LogP contribution in [0.2, 0.25) is 0 Å². The summed E-state index contributed by atoms with van der Waals surface area (Å²) in [7, 11) is 0. The minimum atomic E-state index is -0.312. The molecule has 1 aromatic heterocycles. The van der Waals surface area contributed by atoms with E-state index in [-0.39, 0.29) is 18.1 Å². The van der Waals surface area contributed by atoms with E-state index in [1.165, 1.54) is 17.7 Å². The predicted octanol–water partition coefficient (Wildman–Crippen LogP) is 4.12. The number of aryl methyl sites for hydroxylation is 3. The van der Waals surface area contributed by atoms with Crippen molar-refractivity contribution < 1.29 is 9.18 Å². The Bertz CT molecular complexity index is 999. The summed E-state index contributed by atoms with van der Waals surface area (Å²) in [5.41, 5.74) is 5.79. The van der Waals surface area contributed by atoms with E-state index in [2.05, 4.69) is 17.4 Å². The minimum Gasteiger partial charge on any atom is -0.309 e. The van der Waals surface area contributed by atoms with Crippen molar-refractivity contribution in [2.45, 2.75) is 32.6 Å². The molecular weight excluding hydrogens is 341 g/mol. The maximum Gasteiger partial charge on any atom is 0.229 e. The number of carbonyl (C=O) groups is 1. The molecule has 4 nitrogen and oxygen atoms in total. The van der Waals surface area contributed by atoms with Crippen molar-refractivity contribution in [2.75, 3.05) is 5.32 Å². The number of anilines is 1. The van der Waals surface area contributed by atoms with Gasteiger partial charge >= 0.3 is 0 Å². The molecule has 27 heavy (non-hydrogen) atoms. The number of halogens is 1.